The lowest BCUT2D eigenvalue weighted by Gasteiger charge is -2.21. The summed E-state index contributed by atoms with van der Waals surface area (Å²) in [6, 6.07) is 13.5. The number of rotatable bonds is 7. The molecule has 0 saturated heterocycles. The predicted molar refractivity (Wildman–Crippen MR) is 114 cm³/mol. The van der Waals surface area contributed by atoms with E-state index in [9.17, 15) is 22.8 Å². The number of carbonyl (C=O) groups is 2. The van der Waals surface area contributed by atoms with Crippen molar-refractivity contribution in [2.24, 2.45) is 5.92 Å². The van der Waals surface area contributed by atoms with Crippen molar-refractivity contribution < 1.29 is 22.8 Å². The van der Waals surface area contributed by atoms with Crippen LogP contribution in [0.25, 0.3) is 11.3 Å². The third kappa shape index (κ3) is 4.98. The van der Waals surface area contributed by atoms with Crippen LogP contribution in [-0.4, -0.2) is 27.7 Å². The number of carbonyl (C=O) groups excluding carboxylic acids is 2. The fraction of sp³-hybridized carbons (Fsp3) is 0.320. The lowest BCUT2D eigenvalue weighted by Crippen LogP contribution is -2.27. The number of aromatic nitrogens is 2. The molecule has 1 aromatic carbocycles. The second-order valence-electron chi connectivity index (χ2n) is 8.19. The molecule has 32 heavy (non-hydrogen) atoms. The van der Waals surface area contributed by atoms with Gasteiger partial charge in [0.25, 0.3) is 0 Å². The monoisotopic (exact) mass is 440 g/mol. The first-order chi connectivity index (χ1) is 15.3. The molecule has 0 fully saturated rings. The maximum atomic E-state index is 13.1. The molecule has 0 amide bonds. The van der Waals surface area contributed by atoms with Gasteiger partial charge in [0.05, 0.1) is 5.69 Å². The van der Waals surface area contributed by atoms with Crippen LogP contribution in [0.4, 0.5) is 13.2 Å². The molecule has 1 unspecified atom stereocenters. The highest BCUT2D eigenvalue weighted by Gasteiger charge is 2.35. The highest BCUT2D eigenvalue weighted by atomic mass is 19.4. The van der Waals surface area contributed by atoms with Crippen LogP contribution in [0.1, 0.15) is 52.9 Å². The number of benzene rings is 1. The highest BCUT2D eigenvalue weighted by Crippen LogP contribution is 2.36. The van der Waals surface area contributed by atoms with Crippen LogP contribution < -0.4 is 0 Å². The molecule has 0 bridgehead atoms. The molecule has 3 aromatic rings. The predicted octanol–water partition coefficient (Wildman–Crippen LogP) is 5.71. The van der Waals surface area contributed by atoms with Crippen molar-refractivity contribution in [2.75, 3.05) is 0 Å². The number of ketones is 2. The van der Waals surface area contributed by atoms with Gasteiger partial charge in [-0.3, -0.25) is 14.6 Å². The van der Waals surface area contributed by atoms with Crippen molar-refractivity contribution >= 4 is 11.6 Å². The summed E-state index contributed by atoms with van der Waals surface area (Å²) < 4.78 is 37.3. The molecule has 166 valence electrons. The summed E-state index contributed by atoms with van der Waals surface area (Å²) in [4.78, 5) is 33.1. The standard InChI is InChI=1S/C25H23F3N2O2/c26-25(27,28)10-4-7-21(31)18-14-20-23(22(32)15-18)19(13-16-5-2-1-3-6-16)24(30-20)17-8-11-29-12-9-17/h1-3,5-6,8-9,11-12,18,30H,4,7,10,13-15H2. The zero-order valence-electron chi connectivity index (χ0n) is 17.4. The van der Waals surface area contributed by atoms with E-state index in [1.165, 1.54) is 0 Å². The maximum absolute atomic E-state index is 13.1. The molecule has 1 N–H and O–H groups in total. The van der Waals surface area contributed by atoms with Crippen LogP contribution in [0.3, 0.4) is 0 Å². The highest BCUT2D eigenvalue weighted by molar-refractivity contribution is 6.04. The molecule has 1 aliphatic carbocycles. The van der Waals surface area contributed by atoms with E-state index in [2.05, 4.69) is 9.97 Å². The maximum Gasteiger partial charge on any atom is 0.389 e. The number of halogens is 3. The molecule has 0 spiro atoms. The third-order valence-electron chi connectivity index (χ3n) is 5.87. The Morgan fingerprint density at radius 2 is 1.78 bits per heavy atom. The SMILES string of the molecule is O=C1CC(C(=O)CCCC(F)(F)F)Cc2[nH]c(-c3ccncc3)c(Cc3ccccc3)c21. The number of hydrogen-bond donors (Lipinski definition) is 1. The van der Waals surface area contributed by atoms with E-state index in [1.807, 2.05) is 42.5 Å². The second-order valence-corrected chi connectivity index (χ2v) is 8.19. The Kier molecular flexibility index (Phi) is 6.26. The van der Waals surface area contributed by atoms with Crippen LogP contribution in [0.2, 0.25) is 0 Å². The molecule has 4 rings (SSSR count). The molecular formula is C25H23F3N2O2. The first kappa shape index (κ1) is 22.0. The van der Waals surface area contributed by atoms with E-state index in [1.54, 1.807) is 12.4 Å². The van der Waals surface area contributed by atoms with Crippen molar-refractivity contribution in [1.29, 1.82) is 0 Å². The molecule has 4 nitrogen and oxygen atoms in total. The summed E-state index contributed by atoms with van der Waals surface area (Å²) in [7, 11) is 0. The molecule has 1 atom stereocenters. The van der Waals surface area contributed by atoms with Gasteiger partial charge in [-0.2, -0.15) is 13.2 Å². The van der Waals surface area contributed by atoms with E-state index < -0.39 is 18.5 Å². The minimum atomic E-state index is -4.28. The number of Topliss-reactive ketones (excluding diaryl/α,β-unsaturated/α-hetero) is 2. The Labute approximate surface area is 183 Å². The number of aromatic amines is 1. The summed E-state index contributed by atoms with van der Waals surface area (Å²) in [6.07, 6.45) is -1.39. The van der Waals surface area contributed by atoms with Gasteiger partial charge >= 0.3 is 6.18 Å². The fourth-order valence-corrected chi connectivity index (χ4v) is 4.37. The van der Waals surface area contributed by atoms with E-state index in [0.717, 1.165) is 22.4 Å². The molecule has 0 saturated carbocycles. The summed E-state index contributed by atoms with van der Waals surface area (Å²) in [5, 5.41) is 0. The van der Waals surface area contributed by atoms with Gasteiger partial charge in [-0.05, 0) is 36.1 Å². The van der Waals surface area contributed by atoms with Gasteiger partial charge in [0.1, 0.15) is 5.78 Å². The quantitative estimate of drug-likeness (QED) is 0.512. The van der Waals surface area contributed by atoms with Crippen LogP contribution >= 0.6 is 0 Å². The smallest absolute Gasteiger partial charge is 0.358 e. The topological polar surface area (TPSA) is 62.8 Å². The van der Waals surface area contributed by atoms with Gasteiger partial charge in [0, 0.05) is 60.8 Å². The van der Waals surface area contributed by atoms with Crippen molar-refractivity contribution in [2.45, 2.75) is 44.7 Å². The van der Waals surface area contributed by atoms with Crippen molar-refractivity contribution in [3.05, 3.63) is 77.2 Å². The number of nitrogens with one attached hydrogen (secondary N) is 1. The van der Waals surface area contributed by atoms with Crippen LogP contribution in [-0.2, 0) is 17.6 Å². The van der Waals surface area contributed by atoms with E-state index in [-0.39, 0.29) is 30.8 Å². The Balaban J connectivity index is 1.63. The third-order valence-corrected chi connectivity index (χ3v) is 5.87. The number of nitrogens with zero attached hydrogens (tertiary/aromatic N) is 1. The molecule has 0 aliphatic heterocycles. The van der Waals surface area contributed by atoms with Crippen molar-refractivity contribution in [3.63, 3.8) is 0 Å². The molecule has 1 aliphatic rings. The van der Waals surface area contributed by atoms with Gasteiger partial charge in [0.15, 0.2) is 5.78 Å². The number of hydrogen-bond acceptors (Lipinski definition) is 3. The van der Waals surface area contributed by atoms with Crippen molar-refractivity contribution in [3.8, 4) is 11.3 Å². The Morgan fingerprint density at radius 1 is 1.06 bits per heavy atom. The number of alkyl halides is 3. The van der Waals surface area contributed by atoms with Gasteiger partial charge < -0.3 is 4.98 Å². The van der Waals surface area contributed by atoms with E-state index in [0.29, 0.717) is 24.1 Å². The van der Waals surface area contributed by atoms with Gasteiger partial charge in [0.2, 0.25) is 0 Å². The Bertz CT molecular complexity index is 1110. The molecule has 0 radical (unpaired) electrons. The van der Waals surface area contributed by atoms with Gasteiger partial charge in [-0.25, -0.2) is 0 Å². The number of pyridine rings is 1. The van der Waals surface area contributed by atoms with E-state index in [4.69, 9.17) is 0 Å². The minimum Gasteiger partial charge on any atom is -0.358 e. The lowest BCUT2D eigenvalue weighted by atomic mass is 9.81. The average molecular weight is 440 g/mol. The zero-order chi connectivity index (χ0) is 22.7. The molecule has 2 heterocycles. The van der Waals surface area contributed by atoms with Crippen LogP contribution in [0.15, 0.2) is 54.9 Å². The second kappa shape index (κ2) is 9.10. The first-order valence-electron chi connectivity index (χ1n) is 10.6. The Morgan fingerprint density at radius 3 is 2.47 bits per heavy atom. The number of H-pyrrole nitrogens is 1. The van der Waals surface area contributed by atoms with Crippen LogP contribution in [0, 0.1) is 5.92 Å². The fourth-order valence-electron chi connectivity index (χ4n) is 4.37. The van der Waals surface area contributed by atoms with Gasteiger partial charge in [-0.15, -0.1) is 0 Å². The van der Waals surface area contributed by atoms with Crippen LogP contribution in [0.5, 0.6) is 0 Å². The summed E-state index contributed by atoms with van der Waals surface area (Å²) in [5.74, 6) is -1.00. The lowest BCUT2D eigenvalue weighted by molar-refractivity contribution is -0.137. The minimum absolute atomic E-state index is 0.0350. The normalized spacial score (nSPS) is 16.1. The van der Waals surface area contributed by atoms with Crippen molar-refractivity contribution in [1.82, 2.24) is 9.97 Å². The summed E-state index contributed by atoms with van der Waals surface area (Å²) in [5.41, 5.74) is 4.95. The number of fused-ring (bicyclic) bond motifs is 1. The molecule has 2 aromatic heterocycles. The van der Waals surface area contributed by atoms with Gasteiger partial charge in [-0.1, -0.05) is 30.3 Å². The largest absolute Gasteiger partial charge is 0.389 e. The molecular weight excluding hydrogens is 417 g/mol. The summed E-state index contributed by atoms with van der Waals surface area (Å²) >= 11 is 0. The molecule has 7 heteroatoms. The summed E-state index contributed by atoms with van der Waals surface area (Å²) in [6.45, 7) is 0. The van der Waals surface area contributed by atoms with E-state index >= 15 is 0 Å². The Hall–Kier alpha value is -3.22. The first-order valence-corrected chi connectivity index (χ1v) is 10.6. The zero-order valence-corrected chi connectivity index (χ0v) is 17.4. The average Bonchev–Trinajstić information content (AvgIpc) is 3.13.